The van der Waals surface area contributed by atoms with Crippen molar-refractivity contribution in [3.05, 3.63) is 0 Å². The average Bonchev–Trinajstić information content (AvgIpc) is 2.15. The van der Waals surface area contributed by atoms with Crippen molar-refractivity contribution in [1.82, 2.24) is 4.90 Å². The van der Waals surface area contributed by atoms with Gasteiger partial charge in [-0.3, -0.25) is 9.69 Å². The molecule has 0 aromatic heterocycles. The summed E-state index contributed by atoms with van der Waals surface area (Å²) in [7, 11) is 0. The van der Waals surface area contributed by atoms with Crippen LogP contribution in [-0.4, -0.2) is 35.0 Å². The Morgan fingerprint density at radius 3 is 2.29 bits per heavy atom. The largest absolute Gasteiger partial charge is 0.444 e. The first-order chi connectivity index (χ1) is 7.31. The molecule has 1 fully saturated rings. The summed E-state index contributed by atoms with van der Waals surface area (Å²) in [4.78, 5) is 24.9. The highest BCUT2D eigenvalue weighted by molar-refractivity contribution is 7.59. The molecule has 1 aliphatic heterocycles. The van der Waals surface area contributed by atoms with E-state index < -0.39 is 5.60 Å². The summed E-state index contributed by atoms with van der Waals surface area (Å²) >= 11 is 0. The van der Waals surface area contributed by atoms with E-state index in [1.807, 2.05) is 20.8 Å². The van der Waals surface area contributed by atoms with E-state index in [0.717, 1.165) is 19.3 Å². The summed E-state index contributed by atoms with van der Waals surface area (Å²) in [5, 5.41) is 0. The van der Waals surface area contributed by atoms with Crippen molar-refractivity contribution >= 4 is 25.4 Å². The van der Waals surface area contributed by atoms with Crippen molar-refractivity contribution in [2.45, 2.75) is 58.6 Å². The molecule has 0 spiro atoms. The van der Waals surface area contributed by atoms with E-state index in [2.05, 4.69) is 0 Å². The SMILES string of the molecule is CC(=O)[C@@H]1CCCCN1C(=O)OC(C)(C)C.S. The molecule has 0 aromatic carbocycles. The second-order valence-corrected chi connectivity index (χ2v) is 5.30. The monoisotopic (exact) mass is 261 g/mol. The predicted molar refractivity (Wildman–Crippen MR) is 71.6 cm³/mol. The van der Waals surface area contributed by atoms with Crippen LogP contribution < -0.4 is 0 Å². The van der Waals surface area contributed by atoms with E-state index in [1.165, 1.54) is 6.92 Å². The Morgan fingerprint density at radius 2 is 1.82 bits per heavy atom. The van der Waals surface area contributed by atoms with Crippen molar-refractivity contribution in [2.75, 3.05) is 6.54 Å². The number of piperidine rings is 1. The van der Waals surface area contributed by atoms with Crippen LogP contribution in [0.2, 0.25) is 0 Å². The second-order valence-electron chi connectivity index (χ2n) is 5.30. The van der Waals surface area contributed by atoms with Gasteiger partial charge in [-0.05, 0) is 47.0 Å². The summed E-state index contributed by atoms with van der Waals surface area (Å²) in [5.74, 6) is 0.0468. The molecule has 1 atom stereocenters. The van der Waals surface area contributed by atoms with Crippen LogP contribution in [0, 0.1) is 0 Å². The number of hydrogen-bond acceptors (Lipinski definition) is 3. The van der Waals surface area contributed by atoms with Gasteiger partial charge >= 0.3 is 6.09 Å². The highest BCUT2D eigenvalue weighted by Gasteiger charge is 2.32. The minimum Gasteiger partial charge on any atom is -0.444 e. The molecule has 4 nitrogen and oxygen atoms in total. The minimum absolute atomic E-state index is 0. The Balaban J connectivity index is 0.00000256. The minimum atomic E-state index is -0.504. The first kappa shape index (κ1) is 16.3. The van der Waals surface area contributed by atoms with Crippen LogP contribution in [0.3, 0.4) is 0 Å². The van der Waals surface area contributed by atoms with Gasteiger partial charge in [-0.25, -0.2) is 4.79 Å². The molecule has 0 aliphatic carbocycles. The summed E-state index contributed by atoms with van der Waals surface area (Å²) in [6, 6.07) is -0.288. The quantitative estimate of drug-likeness (QED) is 0.728. The number of ketones is 1. The predicted octanol–water partition coefficient (Wildman–Crippen LogP) is 2.48. The van der Waals surface area contributed by atoms with Gasteiger partial charge in [-0.15, -0.1) is 0 Å². The Kier molecular flexibility index (Phi) is 6.02. The molecule has 0 saturated carbocycles. The maximum absolute atomic E-state index is 11.9. The Morgan fingerprint density at radius 1 is 1.24 bits per heavy atom. The highest BCUT2D eigenvalue weighted by atomic mass is 32.1. The zero-order valence-corrected chi connectivity index (χ0v) is 12.1. The smallest absolute Gasteiger partial charge is 0.410 e. The molecule has 1 aliphatic rings. The molecule has 100 valence electrons. The summed E-state index contributed by atoms with van der Waals surface area (Å²) in [5.41, 5.74) is -0.504. The molecule has 1 saturated heterocycles. The molecule has 17 heavy (non-hydrogen) atoms. The number of rotatable bonds is 1. The topological polar surface area (TPSA) is 46.6 Å². The number of hydrogen-bond donors (Lipinski definition) is 0. The second kappa shape index (κ2) is 6.28. The van der Waals surface area contributed by atoms with Gasteiger partial charge in [0.2, 0.25) is 0 Å². The third kappa shape index (κ3) is 4.98. The molecule has 0 unspecified atom stereocenters. The van der Waals surface area contributed by atoms with Crippen LogP contribution in [-0.2, 0) is 9.53 Å². The van der Waals surface area contributed by atoms with Crippen molar-refractivity contribution in [3.8, 4) is 0 Å². The van der Waals surface area contributed by atoms with E-state index in [1.54, 1.807) is 4.90 Å². The molecule has 5 heteroatoms. The van der Waals surface area contributed by atoms with Crippen molar-refractivity contribution in [2.24, 2.45) is 0 Å². The zero-order chi connectivity index (χ0) is 12.3. The van der Waals surface area contributed by atoms with E-state index >= 15 is 0 Å². The summed E-state index contributed by atoms with van der Waals surface area (Å²) in [6.45, 7) is 7.65. The molecule has 1 heterocycles. The van der Waals surface area contributed by atoms with Crippen LogP contribution in [0.25, 0.3) is 0 Å². The highest BCUT2D eigenvalue weighted by Crippen LogP contribution is 2.20. The fourth-order valence-electron chi connectivity index (χ4n) is 1.89. The van der Waals surface area contributed by atoms with Crippen LogP contribution in [0.15, 0.2) is 0 Å². The third-order valence-corrected chi connectivity index (χ3v) is 2.60. The van der Waals surface area contributed by atoms with Gasteiger partial charge in [0.1, 0.15) is 5.60 Å². The van der Waals surface area contributed by atoms with Crippen molar-refractivity contribution < 1.29 is 14.3 Å². The van der Waals surface area contributed by atoms with Gasteiger partial charge in [0, 0.05) is 6.54 Å². The van der Waals surface area contributed by atoms with Gasteiger partial charge in [-0.2, -0.15) is 13.5 Å². The van der Waals surface area contributed by atoms with Gasteiger partial charge in [0.25, 0.3) is 0 Å². The first-order valence-electron chi connectivity index (χ1n) is 5.81. The lowest BCUT2D eigenvalue weighted by atomic mass is 10.00. The number of Topliss-reactive ketones (excluding diaryl/α,β-unsaturated/α-hetero) is 1. The first-order valence-corrected chi connectivity index (χ1v) is 5.81. The Bertz CT molecular complexity index is 286. The van der Waals surface area contributed by atoms with Gasteiger partial charge in [0.05, 0.1) is 6.04 Å². The number of likely N-dealkylation sites (tertiary alicyclic amines) is 1. The number of amides is 1. The van der Waals surface area contributed by atoms with Crippen molar-refractivity contribution in [3.63, 3.8) is 0 Å². The van der Waals surface area contributed by atoms with Crippen LogP contribution in [0.4, 0.5) is 4.79 Å². The van der Waals surface area contributed by atoms with E-state index in [-0.39, 0.29) is 31.4 Å². The van der Waals surface area contributed by atoms with Gasteiger partial charge in [0.15, 0.2) is 5.78 Å². The normalized spacial score (nSPS) is 20.5. The maximum atomic E-state index is 11.9. The standard InChI is InChI=1S/C12H21NO3.H2S/c1-9(14)10-7-5-6-8-13(10)11(15)16-12(2,3)4;/h10H,5-8H2,1-4H3;1H2/t10-;/m0./s1. The van der Waals surface area contributed by atoms with Crippen LogP contribution in [0.5, 0.6) is 0 Å². The Hall–Kier alpha value is -0.710. The van der Waals surface area contributed by atoms with Crippen molar-refractivity contribution in [1.29, 1.82) is 0 Å². The lowest BCUT2D eigenvalue weighted by Gasteiger charge is -2.35. The zero-order valence-electron chi connectivity index (χ0n) is 11.1. The lowest BCUT2D eigenvalue weighted by Crippen LogP contribution is -2.49. The van der Waals surface area contributed by atoms with Gasteiger partial charge in [-0.1, -0.05) is 0 Å². The number of nitrogens with zero attached hydrogens (tertiary/aromatic N) is 1. The van der Waals surface area contributed by atoms with E-state index in [9.17, 15) is 9.59 Å². The molecule has 1 rings (SSSR count). The fourth-order valence-corrected chi connectivity index (χ4v) is 1.89. The number of ether oxygens (including phenoxy) is 1. The van der Waals surface area contributed by atoms with Crippen LogP contribution >= 0.6 is 13.5 Å². The molecule has 1 amide bonds. The molecular weight excluding hydrogens is 238 g/mol. The average molecular weight is 261 g/mol. The number of carbonyl (C=O) groups is 2. The molecule has 0 aromatic rings. The Labute approximate surface area is 110 Å². The van der Waals surface area contributed by atoms with E-state index in [4.69, 9.17) is 4.74 Å². The molecule has 0 N–H and O–H groups in total. The molecule has 0 radical (unpaired) electrons. The summed E-state index contributed by atoms with van der Waals surface area (Å²) in [6.07, 6.45) is 2.34. The fraction of sp³-hybridized carbons (Fsp3) is 0.833. The maximum Gasteiger partial charge on any atom is 0.410 e. The van der Waals surface area contributed by atoms with Crippen LogP contribution in [0.1, 0.15) is 47.0 Å². The lowest BCUT2D eigenvalue weighted by molar-refractivity contribution is -0.123. The van der Waals surface area contributed by atoms with Gasteiger partial charge < -0.3 is 4.74 Å². The third-order valence-electron chi connectivity index (χ3n) is 2.60. The number of carbonyl (C=O) groups excluding carboxylic acids is 2. The molecule has 0 bridgehead atoms. The van der Waals surface area contributed by atoms with E-state index in [0.29, 0.717) is 6.54 Å². The summed E-state index contributed by atoms with van der Waals surface area (Å²) < 4.78 is 5.29. The molecular formula is C12H23NO3S.